The fourth-order valence-electron chi connectivity index (χ4n) is 5.87. The molecule has 3 aromatic rings. The number of aryl methyl sites for hydroxylation is 3. The summed E-state index contributed by atoms with van der Waals surface area (Å²) in [6, 6.07) is 8.83. The van der Waals surface area contributed by atoms with Crippen molar-refractivity contribution in [3.63, 3.8) is 0 Å². The molecule has 0 saturated carbocycles. The maximum Gasteiger partial charge on any atom is 0.200 e. The highest BCUT2D eigenvalue weighted by Crippen LogP contribution is 2.40. The van der Waals surface area contributed by atoms with Crippen molar-refractivity contribution in [1.82, 2.24) is 0 Å². The van der Waals surface area contributed by atoms with Crippen molar-refractivity contribution in [1.29, 1.82) is 0 Å². The van der Waals surface area contributed by atoms with Crippen LogP contribution >= 0.6 is 0 Å². The molecule has 3 unspecified atom stereocenters. The van der Waals surface area contributed by atoms with E-state index in [0.717, 1.165) is 68.1 Å². The maximum atomic E-state index is 10.0. The van der Waals surface area contributed by atoms with Gasteiger partial charge in [0, 0.05) is 0 Å². The van der Waals surface area contributed by atoms with E-state index in [0.29, 0.717) is 31.1 Å². The van der Waals surface area contributed by atoms with E-state index >= 15 is 0 Å². The summed E-state index contributed by atoms with van der Waals surface area (Å²) < 4.78 is 0. The highest BCUT2D eigenvalue weighted by atomic mass is 16.3. The van der Waals surface area contributed by atoms with Crippen molar-refractivity contribution in [2.75, 3.05) is 0 Å². The first-order chi connectivity index (χ1) is 20.4. The maximum absolute atomic E-state index is 10.0. The van der Waals surface area contributed by atoms with Gasteiger partial charge in [-0.15, -0.1) is 0 Å². The molecule has 0 fully saturated rings. The zero-order chi connectivity index (χ0) is 31.7. The summed E-state index contributed by atoms with van der Waals surface area (Å²) in [7, 11) is 0. The molecule has 9 heteroatoms. The van der Waals surface area contributed by atoms with Crippen LogP contribution in [0.3, 0.4) is 0 Å². The zero-order valence-corrected chi connectivity index (χ0v) is 25.0. The van der Waals surface area contributed by atoms with Crippen LogP contribution in [-0.4, -0.2) is 46.0 Å². The molecule has 9 nitrogen and oxygen atoms in total. The van der Waals surface area contributed by atoms with Gasteiger partial charge < -0.3 is 46.0 Å². The van der Waals surface area contributed by atoms with Gasteiger partial charge in [-0.05, 0) is 116 Å². The summed E-state index contributed by atoms with van der Waals surface area (Å²) in [4.78, 5) is 0. The van der Waals surface area contributed by atoms with E-state index < -0.39 is 17.2 Å². The molecule has 0 radical (unpaired) electrons. The third-order valence-corrected chi connectivity index (χ3v) is 8.55. The number of phenolic OH excluding ortho intramolecular Hbond substituents is 9. The van der Waals surface area contributed by atoms with Gasteiger partial charge in [0.25, 0.3) is 0 Å². The molecule has 3 atom stereocenters. The van der Waals surface area contributed by atoms with Crippen LogP contribution in [-0.2, 0) is 19.3 Å². The molecule has 0 spiro atoms. The number of hydrogen-bond donors (Lipinski definition) is 9. The number of benzene rings is 3. The number of phenols is 9. The first-order valence-corrected chi connectivity index (χ1v) is 15.1. The Labute approximate surface area is 253 Å². The van der Waals surface area contributed by atoms with Gasteiger partial charge in [0.15, 0.2) is 51.7 Å². The molecule has 3 rings (SSSR count). The molecular formula is C34H46O9. The van der Waals surface area contributed by atoms with Crippen LogP contribution in [0.15, 0.2) is 36.4 Å². The van der Waals surface area contributed by atoms with Gasteiger partial charge in [-0.1, -0.05) is 39.5 Å². The van der Waals surface area contributed by atoms with Crippen LogP contribution in [0.1, 0.15) is 81.9 Å². The third kappa shape index (κ3) is 9.43. The van der Waals surface area contributed by atoms with Gasteiger partial charge in [0.2, 0.25) is 0 Å². The SMILES string of the molecule is CCCCC(CCc1cc(O)c(O)c(O)c1)C(CCc1cc(O)c(O)c(O)c1)CCC(C)CCc1cc(O)c(O)c(O)c1. The zero-order valence-electron chi connectivity index (χ0n) is 25.0. The largest absolute Gasteiger partial charge is 0.504 e. The lowest BCUT2D eigenvalue weighted by Crippen LogP contribution is -2.18. The number of unbranched alkanes of at least 4 members (excludes halogenated alkanes) is 1. The fraction of sp³-hybridized carbons (Fsp3) is 0.471. The van der Waals surface area contributed by atoms with Crippen LogP contribution in [0.5, 0.6) is 51.7 Å². The van der Waals surface area contributed by atoms with Crippen LogP contribution in [0.2, 0.25) is 0 Å². The molecule has 236 valence electrons. The Bertz CT molecular complexity index is 1280. The summed E-state index contributed by atoms with van der Waals surface area (Å²) in [6.45, 7) is 4.31. The summed E-state index contributed by atoms with van der Waals surface area (Å²) in [6.07, 6.45) is 9.16. The predicted octanol–water partition coefficient (Wildman–Crippen LogP) is 7.07. The molecule has 0 saturated heterocycles. The standard InChI is InChI=1S/C34H46O9/c1-3-4-5-24(12-9-22-16-28(37)33(42)29(38)17-22)25(13-10-23-18-30(39)34(43)31(40)19-23)11-7-20(2)6-8-21-14-26(35)32(41)27(36)15-21/h14-20,24-25,35-43H,3-13H2,1-2H3. The smallest absolute Gasteiger partial charge is 0.200 e. The highest BCUT2D eigenvalue weighted by Gasteiger charge is 2.23. The van der Waals surface area contributed by atoms with Crippen molar-refractivity contribution < 1.29 is 46.0 Å². The highest BCUT2D eigenvalue weighted by molar-refractivity contribution is 5.52. The minimum absolute atomic E-state index is 0.285. The Kier molecular flexibility index (Phi) is 11.9. The molecule has 9 N–H and O–H groups in total. The van der Waals surface area contributed by atoms with E-state index in [-0.39, 0.29) is 40.4 Å². The molecule has 0 aliphatic rings. The average molecular weight is 599 g/mol. The van der Waals surface area contributed by atoms with Gasteiger partial charge in [0.05, 0.1) is 0 Å². The lowest BCUT2D eigenvalue weighted by molar-refractivity contribution is 0.239. The van der Waals surface area contributed by atoms with Gasteiger partial charge in [-0.25, -0.2) is 0 Å². The molecule has 3 aromatic carbocycles. The Morgan fingerprint density at radius 1 is 0.442 bits per heavy atom. The summed E-state index contributed by atoms with van der Waals surface area (Å²) in [5.41, 5.74) is 2.19. The van der Waals surface area contributed by atoms with E-state index in [1.807, 2.05) is 0 Å². The normalized spacial score (nSPS) is 13.5. The topological polar surface area (TPSA) is 182 Å². The monoisotopic (exact) mass is 598 g/mol. The van der Waals surface area contributed by atoms with E-state index in [4.69, 9.17) is 0 Å². The minimum atomic E-state index is -0.536. The van der Waals surface area contributed by atoms with Crippen LogP contribution < -0.4 is 0 Å². The second-order valence-corrected chi connectivity index (χ2v) is 11.9. The van der Waals surface area contributed by atoms with E-state index in [2.05, 4.69) is 13.8 Å². The molecule has 0 aliphatic carbocycles. The molecule has 0 heterocycles. The predicted molar refractivity (Wildman–Crippen MR) is 164 cm³/mol. The molecule has 43 heavy (non-hydrogen) atoms. The Morgan fingerprint density at radius 3 is 1.12 bits per heavy atom. The molecule has 0 aromatic heterocycles. The second-order valence-electron chi connectivity index (χ2n) is 11.9. The fourth-order valence-corrected chi connectivity index (χ4v) is 5.87. The van der Waals surface area contributed by atoms with Gasteiger partial charge in [0.1, 0.15) is 0 Å². The first-order valence-electron chi connectivity index (χ1n) is 15.1. The summed E-state index contributed by atoms with van der Waals surface area (Å²) in [5, 5.41) is 88.8. The van der Waals surface area contributed by atoms with Crippen molar-refractivity contribution in [2.45, 2.75) is 84.5 Å². The van der Waals surface area contributed by atoms with Crippen LogP contribution in [0.25, 0.3) is 0 Å². The Balaban J connectivity index is 1.74. The van der Waals surface area contributed by atoms with Crippen LogP contribution in [0, 0.1) is 17.8 Å². The van der Waals surface area contributed by atoms with Crippen molar-refractivity contribution in [2.24, 2.45) is 17.8 Å². The van der Waals surface area contributed by atoms with Crippen LogP contribution in [0.4, 0.5) is 0 Å². The quantitative estimate of drug-likeness (QED) is 0.0778. The minimum Gasteiger partial charge on any atom is -0.504 e. The van der Waals surface area contributed by atoms with E-state index in [1.165, 1.54) is 36.4 Å². The Hall–Kier alpha value is -4.14. The molecule has 0 amide bonds. The molecular weight excluding hydrogens is 552 g/mol. The number of aromatic hydroxyl groups is 9. The van der Waals surface area contributed by atoms with E-state index in [9.17, 15) is 46.0 Å². The van der Waals surface area contributed by atoms with Gasteiger partial charge in [-0.3, -0.25) is 0 Å². The van der Waals surface area contributed by atoms with Gasteiger partial charge in [-0.2, -0.15) is 0 Å². The lowest BCUT2D eigenvalue weighted by atomic mass is 9.76. The van der Waals surface area contributed by atoms with Crippen molar-refractivity contribution in [3.8, 4) is 51.7 Å². The van der Waals surface area contributed by atoms with Crippen molar-refractivity contribution >= 4 is 0 Å². The number of hydrogen-bond acceptors (Lipinski definition) is 9. The summed E-state index contributed by atoms with van der Waals surface area (Å²) >= 11 is 0. The summed E-state index contributed by atoms with van der Waals surface area (Å²) in [5.74, 6) is -2.77. The number of rotatable bonds is 16. The molecule has 0 aliphatic heterocycles. The third-order valence-electron chi connectivity index (χ3n) is 8.55. The second kappa shape index (κ2) is 15.4. The Morgan fingerprint density at radius 2 is 0.767 bits per heavy atom. The molecule has 0 bridgehead atoms. The van der Waals surface area contributed by atoms with E-state index in [1.54, 1.807) is 0 Å². The van der Waals surface area contributed by atoms with Gasteiger partial charge >= 0.3 is 0 Å². The van der Waals surface area contributed by atoms with Crippen molar-refractivity contribution in [3.05, 3.63) is 53.1 Å². The lowest BCUT2D eigenvalue weighted by Gasteiger charge is -2.29. The first kappa shape index (κ1) is 33.4. The average Bonchev–Trinajstić information content (AvgIpc) is 2.96.